The Hall–Kier alpha value is -2.60. The average Bonchev–Trinajstić information content (AvgIpc) is 3.10. The Morgan fingerprint density at radius 2 is 1.74 bits per heavy atom. The number of nitrogens with zero attached hydrogens (tertiary/aromatic N) is 3. The summed E-state index contributed by atoms with van der Waals surface area (Å²) in [4.78, 5) is 16.6. The standard InChI is InChI=1S/C17H15N3O2S/c1-23-17-18-12-20(19-17)15(13-8-4-2-5-9-13)22-16(21)14-10-6-3-7-11-14/h2-12,15H,1H3. The minimum atomic E-state index is -0.655. The first-order valence-corrected chi connectivity index (χ1v) is 8.26. The summed E-state index contributed by atoms with van der Waals surface area (Å²) in [6.45, 7) is 0. The van der Waals surface area contributed by atoms with Crippen LogP contribution in [-0.4, -0.2) is 27.0 Å². The van der Waals surface area contributed by atoms with Gasteiger partial charge in [-0.1, -0.05) is 60.3 Å². The van der Waals surface area contributed by atoms with Crippen LogP contribution in [0.3, 0.4) is 0 Å². The lowest BCUT2D eigenvalue weighted by Crippen LogP contribution is -2.19. The van der Waals surface area contributed by atoms with Crippen molar-refractivity contribution in [1.82, 2.24) is 14.8 Å². The van der Waals surface area contributed by atoms with Crippen LogP contribution in [0, 0.1) is 0 Å². The first-order chi connectivity index (χ1) is 11.3. The molecule has 3 rings (SSSR count). The van der Waals surface area contributed by atoms with E-state index in [2.05, 4.69) is 10.1 Å². The lowest BCUT2D eigenvalue weighted by Gasteiger charge is -2.18. The van der Waals surface area contributed by atoms with Crippen molar-refractivity contribution in [1.29, 1.82) is 0 Å². The highest BCUT2D eigenvalue weighted by atomic mass is 32.2. The number of esters is 1. The van der Waals surface area contributed by atoms with Crippen molar-refractivity contribution >= 4 is 17.7 Å². The molecule has 0 saturated carbocycles. The van der Waals surface area contributed by atoms with Crippen molar-refractivity contribution < 1.29 is 9.53 Å². The van der Waals surface area contributed by atoms with Crippen LogP contribution >= 0.6 is 11.8 Å². The van der Waals surface area contributed by atoms with Crippen LogP contribution in [0.5, 0.6) is 0 Å². The zero-order valence-electron chi connectivity index (χ0n) is 12.5. The average molecular weight is 325 g/mol. The number of thioether (sulfide) groups is 1. The molecule has 0 amide bonds. The quantitative estimate of drug-likeness (QED) is 0.531. The Bertz CT molecular complexity index is 775. The maximum absolute atomic E-state index is 12.4. The Morgan fingerprint density at radius 3 is 2.35 bits per heavy atom. The minimum Gasteiger partial charge on any atom is -0.432 e. The summed E-state index contributed by atoms with van der Waals surface area (Å²) < 4.78 is 7.24. The van der Waals surface area contributed by atoms with Crippen molar-refractivity contribution in [3.8, 4) is 0 Å². The molecule has 0 N–H and O–H groups in total. The van der Waals surface area contributed by atoms with E-state index in [1.807, 2.05) is 42.7 Å². The van der Waals surface area contributed by atoms with E-state index in [0.29, 0.717) is 10.7 Å². The van der Waals surface area contributed by atoms with E-state index >= 15 is 0 Å². The number of ether oxygens (including phenoxy) is 1. The summed E-state index contributed by atoms with van der Waals surface area (Å²) in [6, 6.07) is 18.4. The smallest absolute Gasteiger partial charge is 0.340 e. The van der Waals surface area contributed by atoms with E-state index in [9.17, 15) is 4.79 Å². The molecule has 23 heavy (non-hydrogen) atoms. The van der Waals surface area contributed by atoms with Gasteiger partial charge in [0.15, 0.2) is 0 Å². The molecule has 6 heteroatoms. The molecule has 1 unspecified atom stereocenters. The molecule has 116 valence electrons. The number of rotatable bonds is 5. The molecule has 0 bridgehead atoms. The lowest BCUT2D eigenvalue weighted by atomic mass is 10.2. The molecule has 0 fully saturated rings. The Kier molecular flexibility index (Phi) is 4.73. The SMILES string of the molecule is CSc1ncn(C(OC(=O)c2ccccc2)c2ccccc2)n1. The molecule has 1 aromatic heterocycles. The fourth-order valence-electron chi connectivity index (χ4n) is 2.10. The van der Waals surface area contributed by atoms with Gasteiger partial charge in [-0.15, -0.1) is 5.10 Å². The third-order valence-corrected chi connectivity index (χ3v) is 3.78. The van der Waals surface area contributed by atoms with Crippen LogP contribution in [0.2, 0.25) is 0 Å². The van der Waals surface area contributed by atoms with Crippen molar-refractivity contribution in [3.63, 3.8) is 0 Å². The van der Waals surface area contributed by atoms with Gasteiger partial charge in [0.05, 0.1) is 5.56 Å². The van der Waals surface area contributed by atoms with Gasteiger partial charge in [0.25, 0.3) is 0 Å². The zero-order valence-corrected chi connectivity index (χ0v) is 13.3. The van der Waals surface area contributed by atoms with Crippen LogP contribution in [-0.2, 0) is 4.74 Å². The van der Waals surface area contributed by atoms with Crippen LogP contribution in [0.25, 0.3) is 0 Å². The molecule has 0 aliphatic heterocycles. The fraction of sp³-hybridized carbons (Fsp3) is 0.118. The molecule has 1 atom stereocenters. The van der Waals surface area contributed by atoms with Gasteiger partial charge in [-0.3, -0.25) is 0 Å². The second kappa shape index (κ2) is 7.11. The predicted octanol–water partition coefficient (Wildman–Crippen LogP) is 3.40. The molecule has 1 heterocycles. The van der Waals surface area contributed by atoms with Crippen LogP contribution < -0.4 is 0 Å². The molecule has 0 saturated heterocycles. The topological polar surface area (TPSA) is 57.0 Å². The van der Waals surface area contributed by atoms with Crippen LogP contribution in [0.4, 0.5) is 0 Å². The Morgan fingerprint density at radius 1 is 1.09 bits per heavy atom. The molecule has 5 nitrogen and oxygen atoms in total. The maximum atomic E-state index is 12.4. The van der Waals surface area contributed by atoms with E-state index < -0.39 is 12.2 Å². The maximum Gasteiger partial charge on any atom is 0.340 e. The predicted molar refractivity (Wildman–Crippen MR) is 88.2 cm³/mol. The van der Waals surface area contributed by atoms with Gasteiger partial charge in [0.2, 0.25) is 11.4 Å². The molecular formula is C17H15N3O2S. The highest BCUT2D eigenvalue weighted by Gasteiger charge is 2.21. The first-order valence-electron chi connectivity index (χ1n) is 7.04. The van der Waals surface area contributed by atoms with Gasteiger partial charge < -0.3 is 4.74 Å². The molecular weight excluding hydrogens is 310 g/mol. The van der Waals surface area contributed by atoms with Gasteiger partial charge in [-0.05, 0) is 18.4 Å². The second-order valence-corrected chi connectivity index (χ2v) is 5.52. The summed E-state index contributed by atoms with van der Waals surface area (Å²) in [6.07, 6.45) is 2.81. The summed E-state index contributed by atoms with van der Waals surface area (Å²) in [5, 5.41) is 4.97. The third kappa shape index (κ3) is 3.60. The molecule has 3 aromatic rings. The fourth-order valence-corrected chi connectivity index (χ4v) is 2.43. The minimum absolute atomic E-state index is 0.402. The van der Waals surface area contributed by atoms with Crippen molar-refractivity contribution in [2.75, 3.05) is 6.26 Å². The summed E-state index contributed by atoms with van der Waals surface area (Å²) in [5.41, 5.74) is 1.33. The van der Waals surface area contributed by atoms with Gasteiger partial charge in [-0.2, -0.15) is 0 Å². The largest absolute Gasteiger partial charge is 0.432 e. The highest BCUT2D eigenvalue weighted by molar-refractivity contribution is 7.98. The van der Waals surface area contributed by atoms with Gasteiger partial charge in [0, 0.05) is 5.56 Å². The number of benzene rings is 2. The summed E-state index contributed by atoms with van der Waals surface area (Å²) >= 11 is 1.43. The van der Waals surface area contributed by atoms with E-state index in [1.165, 1.54) is 11.8 Å². The van der Waals surface area contributed by atoms with Crippen molar-refractivity contribution in [2.24, 2.45) is 0 Å². The van der Waals surface area contributed by atoms with Gasteiger partial charge in [-0.25, -0.2) is 14.5 Å². The molecule has 0 spiro atoms. The van der Waals surface area contributed by atoms with E-state index in [4.69, 9.17) is 4.74 Å². The number of hydrogen-bond acceptors (Lipinski definition) is 5. The Labute approximate surface area is 138 Å². The molecule has 0 radical (unpaired) electrons. The molecule has 2 aromatic carbocycles. The van der Waals surface area contributed by atoms with Gasteiger partial charge in [0.1, 0.15) is 6.33 Å². The molecule has 0 aliphatic carbocycles. The summed E-state index contributed by atoms with van der Waals surface area (Å²) in [5.74, 6) is -0.402. The third-order valence-electron chi connectivity index (χ3n) is 3.22. The second-order valence-electron chi connectivity index (χ2n) is 4.75. The monoisotopic (exact) mass is 325 g/mol. The van der Waals surface area contributed by atoms with E-state index in [1.54, 1.807) is 35.3 Å². The highest BCUT2D eigenvalue weighted by Crippen LogP contribution is 2.21. The molecule has 0 aliphatic rings. The number of carbonyl (C=O) groups is 1. The Balaban J connectivity index is 1.91. The number of aromatic nitrogens is 3. The first kappa shape index (κ1) is 15.3. The lowest BCUT2D eigenvalue weighted by molar-refractivity contribution is 0.0185. The van der Waals surface area contributed by atoms with E-state index in [0.717, 1.165) is 5.56 Å². The van der Waals surface area contributed by atoms with Crippen LogP contribution in [0.1, 0.15) is 22.1 Å². The summed E-state index contributed by atoms with van der Waals surface area (Å²) in [7, 11) is 0. The normalized spacial score (nSPS) is 11.9. The van der Waals surface area contributed by atoms with Gasteiger partial charge >= 0.3 is 5.97 Å². The van der Waals surface area contributed by atoms with Crippen molar-refractivity contribution in [3.05, 3.63) is 78.1 Å². The zero-order chi connectivity index (χ0) is 16.1. The van der Waals surface area contributed by atoms with E-state index in [-0.39, 0.29) is 0 Å². The van der Waals surface area contributed by atoms with Crippen molar-refractivity contribution in [2.45, 2.75) is 11.4 Å². The van der Waals surface area contributed by atoms with Crippen LogP contribution in [0.15, 0.2) is 72.1 Å². The number of hydrogen-bond donors (Lipinski definition) is 0. The number of carbonyl (C=O) groups excluding carboxylic acids is 1.